The highest BCUT2D eigenvalue weighted by atomic mass is 32.2. The van der Waals surface area contributed by atoms with Gasteiger partial charge in [-0.2, -0.15) is 13.2 Å². The van der Waals surface area contributed by atoms with E-state index in [4.69, 9.17) is 5.84 Å². The maximum Gasteiger partial charge on any atom is 0.453 e. The molecule has 21 heavy (non-hydrogen) atoms. The third-order valence-corrected chi connectivity index (χ3v) is 4.74. The largest absolute Gasteiger partial charge is 0.453 e. The lowest BCUT2D eigenvalue weighted by molar-refractivity contribution is -0.146. The Bertz CT molecular complexity index is 653. The zero-order valence-corrected chi connectivity index (χ0v) is 11.8. The molecule has 0 spiro atoms. The molecule has 0 saturated carbocycles. The van der Waals surface area contributed by atoms with Crippen LogP contribution in [0.25, 0.3) is 0 Å². The fourth-order valence-electron chi connectivity index (χ4n) is 2.51. The summed E-state index contributed by atoms with van der Waals surface area (Å²) in [6, 6.07) is 7.97. The van der Waals surface area contributed by atoms with E-state index in [2.05, 4.69) is 16.3 Å². The molecular formula is C13H13F3N4S. The molecule has 0 fully saturated rings. The van der Waals surface area contributed by atoms with Gasteiger partial charge in [0.2, 0.25) is 5.16 Å². The number of thioether (sulfide) groups is 1. The van der Waals surface area contributed by atoms with Gasteiger partial charge in [0.25, 0.3) is 5.82 Å². The molecule has 0 saturated heterocycles. The second kappa shape index (κ2) is 5.25. The zero-order valence-electron chi connectivity index (χ0n) is 11.0. The van der Waals surface area contributed by atoms with E-state index < -0.39 is 12.0 Å². The second-order valence-electron chi connectivity index (χ2n) is 4.87. The van der Waals surface area contributed by atoms with Crippen LogP contribution in [0.15, 0.2) is 29.4 Å². The number of fused-ring (bicyclic) bond motifs is 1. The average molecular weight is 314 g/mol. The highest BCUT2D eigenvalue weighted by Gasteiger charge is 2.38. The molecule has 112 valence electrons. The molecule has 1 aliphatic rings. The fraction of sp³-hybridized carbons (Fsp3) is 0.385. The van der Waals surface area contributed by atoms with Crippen LogP contribution in [0.5, 0.6) is 0 Å². The van der Waals surface area contributed by atoms with Gasteiger partial charge in [-0.05, 0) is 30.4 Å². The number of halogens is 3. The maximum atomic E-state index is 12.7. The zero-order chi connectivity index (χ0) is 15.0. The van der Waals surface area contributed by atoms with E-state index in [-0.39, 0.29) is 10.4 Å². The third kappa shape index (κ3) is 2.72. The lowest BCUT2D eigenvalue weighted by Crippen LogP contribution is -2.21. The Balaban J connectivity index is 1.87. The van der Waals surface area contributed by atoms with E-state index >= 15 is 0 Å². The summed E-state index contributed by atoms with van der Waals surface area (Å²) in [5, 5.41) is 6.88. The summed E-state index contributed by atoms with van der Waals surface area (Å²) in [6.07, 6.45) is -1.71. The molecule has 2 N–H and O–H groups in total. The van der Waals surface area contributed by atoms with Crippen molar-refractivity contribution in [1.82, 2.24) is 14.9 Å². The Morgan fingerprint density at radius 1 is 1.24 bits per heavy atom. The number of hydrogen-bond donors (Lipinski definition) is 1. The molecule has 1 aromatic carbocycles. The van der Waals surface area contributed by atoms with E-state index in [0.29, 0.717) is 4.68 Å². The van der Waals surface area contributed by atoms with Crippen LogP contribution < -0.4 is 5.84 Å². The molecule has 1 aromatic heterocycles. The second-order valence-corrected chi connectivity index (χ2v) is 6.04. The molecule has 0 aliphatic heterocycles. The molecule has 8 heteroatoms. The monoisotopic (exact) mass is 314 g/mol. The first-order chi connectivity index (χ1) is 9.97. The first kappa shape index (κ1) is 14.2. The maximum absolute atomic E-state index is 12.7. The summed E-state index contributed by atoms with van der Waals surface area (Å²) < 4.78 is 38.5. The molecule has 3 rings (SSSR count). The molecule has 0 radical (unpaired) electrons. The molecule has 0 bridgehead atoms. The predicted molar refractivity (Wildman–Crippen MR) is 73.2 cm³/mol. The van der Waals surface area contributed by atoms with E-state index in [9.17, 15) is 13.2 Å². The van der Waals surface area contributed by atoms with Crippen LogP contribution in [0.2, 0.25) is 0 Å². The van der Waals surface area contributed by atoms with Crippen molar-refractivity contribution in [2.24, 2.45) is 0 Å². The first-order valence-corrected chi connectivity index (χ1v) is 7.37. The topological polar surface area (TPSA) is 56.7 Å². The standard InChI is InChI=1S/C13H13F3N4S/c14-13(15,16)11-18-19-12(20(11)17)21-10-7-3-5-8-4-1-2-6-9(8)10/h1-2,4,6,10H,3,5,7,17H2/t10-/m0/s1. The van der Waals surface area contributed by atoms with Crippen molar-refractivity contribution in [2.75, 3.05) is 5.84 Å². The molecule has 1 aliphatic carbocycles. The third-order valence-electron chi connectivity index (χ3n) is 3.48. The van der Waals surface area contributed by atoms with Crippen molar-refractivity contribution in [1.29, 1.82) is 0 Å². The number of rotatable bonds is 2. The smallest absolute Gasteiger partial charge is 0.335 e. The number of benzene rings is 1. The van der Waals surface area contributed by atoms with Crippen LogP contribution in [0.1, 0.15) is 35.0 Å². The molecular weight excluding hydrogens is 301 g/mol. The number of nitrogen functional groups attached to an aromatic ring is 1. The quantitative estimate of drug-likeness (QED) is 0.865. The van der Waals surface area contributed by atoms with Crippen molar-refractivity contribution in [3.63, 3.8) is 0 Å². The van der Waals surface area contributed by atoms with Gasteiger partial charge in [-0.15, -0.1) is 10.2 Å². The van der Waals surface area contributed by atoms with E-state index in [1.54, 1.807) is 0 Å². The van der Waals surface area contributed by atoms with Crippen molar-refractivity contribution in [3.05, 3.63) is 41.2 Å². The summed E-state index contributed by atoms with van der Waals surface area (Å²) in [7, 11) is 0. The minimum Gasteiger partial charge on any atom is -0.335 e. The fourth-order valence-corrected chi connectivity index (χ4v) is 3.69. The molecule has 0 unspecified atom stereocenters. The summed E-state index contributed by atoms with van der Waals surface area (Å²) in [5.74, 6) is 4.31. The lowest BCUT2D eigenvalue weighted by Gasteiger charge is -2.24. The number of nitrogens with two attached hydrogens (primary N) is 1. The Morgan fingerprint density at radius 2 is 2.00 bits per heavy atom. The van der Waals surface area contributed by atoms with Crippen molar-refractivity contribution in [2.45, 2.75) is 35.8 Å². The van der Waals surface area contributed by atoms with Crippen LogP contribution in [-0.2, 0) is 12.6 Å². The molecule has 4 nitrogen and oxygen atoms in total. The van der Waals surface area contributed by atoms with E-state index in [0.717, 1.165) is 24.8 Å². The Morgan fingerprint density at radius 3 is 2.71 bits per heavy atom. The van der Waals surface area contributed by atoms with Gasteiger partial charge >= 0.3 is 6.18 Å². The molecule has 1 atom stereocenters. The van der Waals surface area contributed by atoms with Gasteiger partial charge in [-0.25, -0.2) is 4.68 Å². The van der Waals surface area contributed by atoms with Crippen LogP contribution in [0.3, 0.4) is 0 Å². The van der Waals surface area contributed by atoms with Gasteiger partial charge in [0.1, 0.15) is 0 Å². The van der Waals surface area contributed by atoms with Gasteiger partial charge in [-0.3, -0.25) is 0 Å². The Kier molecular flexibility index (Phi) is 3.56. The molecule has 2 aromatic rings. The van der Waals surface area contributed by atoms with Crippen molar-refractivity contribution >= 4 is 11.8 Å². The van der Waals surface area contributed by atoms with Crippen LogP contribution in [0, 0.1) is 0 Å². The SMILES string of the molecule is Nn1c(S[C@H]2CCCc3ccccc32)nnc1C(F)(F)F. The summed E-state index contributed by atoms with van der Waals surface area (Å²) in [6.45, 7) is 0. The van der Waals surface area contributed by atoms with Gasteiger partial charge in [-0.1, -0.05) is 36.0 Å². The van der Waals surface area contributed by atoms with Crippen LogP contribution in [-0.4, -0.2) is 14.9 Å². The van der Waals surface area contributed by atoms with Crippen LogP contribution in [0.4, 0.5) is 13.2 Å². The van der Waals surface area contributed by atoms with Crippen molar-refractivity contribution in [3.8, 4) is 0 Å². The molecule has 0 amide bonds. The van der Waals surface area contributed by atoms with Gasteiger partial charge in [0, 0.05) is 5.25 Å². The van der Waals surface area contributed by atoms with Gasteiger partial charge in [0.15, 0.2) is 0 Å². The summed E-state index contributed by atoms with van der Waals surface area (Å²) in [5.41, 5.74) is 2.38. The molecule has 1 heterocycles. The van der Waals surface area contributed by atoms with E-state index in [1.807, 2.05) is 18.2 Å². The van der Waals surface area contributed by atoms with Gasteiger partial charge in [0.05, 0.1) is 0 Å². The van der Waals surface area contributed by atoms with Crippen LogP contribution >= 0.6 is 11.8 Å². The van der Waals surface area contributed by atoms with Gasteiger partial charge < -0.3 is 5.84 Å². The van der Waals surface area contributed by atoms with Crippen molar-refractivity contribution < 1.29 is 13.2 Å². The predicted octanol–water partition coefficient (Wildman–Crippen LogP) is 3.18. The number of aryl methyl sites for hydroxylation is 1. The first-order valence-electron chi connectivity index (χ1n) is 6.49. The average Bonchev–Trinajstić information content (AvgIpc) is 2.81. The lowest BCUT2D eigenvalue weighted by atomic mass is 9.91. The number of nitrogens with zero attached hydrogens (tertiary/aromatic N) is 3. The minimum atomic E-state index is -4.59. The number of hydrogen-bond acceptors (Lipinski definition) is 4. The minimum absolute atomic E-state index is 0.0579. The number of aromatic nitrogens is 3. The highest BCUT2D eigenvalue weighted by Crippen LogP contribution is 2.43. The Labute approximate surface area is 123 Å². The number of alkyl halides is 3. The summed E-state index contributed by atoms with van der Waals surface area (Å²) in [4.78, 5) is 0. The normalized spacial score (nSPS) is 18.5. The Hall–Kier alpha value is -1.70. The highest BCUT2D eigenvalue weighted by molar-refractivity contribution is 7.99. The summed E-state index contributed by atoms with van der Waals surface area (Å²) >= 11 is 1.24. The van der Waals surface area contributed by atoms with E-state index in [1.165, 1.54) is 17.3 Å².